The van der Waals surface area contributed by atoms with Gasteiger partial charge in [-0.1, -0.05) is 48.5 Å². The first-order valence-corrected chi connectivity index (χ1v) is 6.17. The predicted octanol–water partition coefficient (Wildman–Crippen LogP) is 3.76. The Morgan fingerprint density at radius 3 is 2.25 bits per heavy atom. The number of ether oxygens (including phenoxy) is 1. The van der Waals surface area contributed by atoms with Gasteiger partial charge in [0.1, 0.15) is 0 Å². The minimum Gasteiger partial charge on any atom is -0.381 e. The molecule has 12 heavy (non-hydrogen) atoms. The van der Waals surface area contributed by atoms with Gasteiger partial charge < -0.3 is 4.74 Å². The van der Waals surface area contributed by atoms with Crippen molar-refractivity contribution in [1.29, 1.82) is 0 Å². The van der Waals surface area contributed by atoms with Crippen LogP contribution in [0.2, 0.25) is 0 Å². The first kappa shape index (κ1) is 12.4. The topological polar surface area (TPSA) is 9.23 Å². The third kappa shape index (κ3) is 10.4. The molecule has 0 aliphatic heterocycles. The van der Waals surface area contributed by atoms with E-state index < -0.39 is 0 Å². The van der Waals surface area contributed by atoms with E-state index in [1.54, 1.807) is 0 Å². The van der Waals surface area contributed by atoms with Crippen LogP contribution in [0, 0.1) is 0 Å². The number of halogens is 1. The van der Waals surface area contributed by atoms with E-state index in [0.717, 1.165) is 25.0 Å². The zero-order valence-electron chi connectivity index (χ0n) is 8.15. The molecule has 0 rings (SSSR count). The van der Waals surface area contributed by atoms with Crippen molar-refractivity contribution in [3.63, 3.8) is 0 Å². The van der Waals surface area contributed by atoms with E-state index >= 15 is 0 Å². The normalized spacial score (nSPS) is 10.5. The molecule has 2 heteroatoms. The fourth-order valence-electron chi connectivity index (χ4n) is 1.07. The minimum absolute atomic E-state index is 0.916. The van der Waals surface area contributed by atoms with Crippen LogP contribution in [-0.4, -0.2) is 18.5 Å². The minimum atomic E-state index is 0.916. The van der Waals surface area contributed by atoms with E-state index in [4.69, 9.17) is 4.74 Å². The molecule has 74 valence electrons. The molecule has 1 nitrogen and oxygen atoms in total. The first-order valence-electron chi connectivity index (χ1n) is 5.05. The summed E-state index contributed by atoms with van der Waals surface area (Å²) < 4.78 is 5.42. The Morgan fingerprint density at radius 2 is 1.58 bits per heavy atom. The van der Waals surface area contributed by atoms with E-state index in [1.807, 2.05) is 0 Å². The molecule has 0 aliphatic carbocycles. The summed E-state index contributed by atoms with van der Waals surface area (Å²) in [5.41, 5.74) is 0. The van der Waals surface area contributed by atoms with Crippen LogP contribution in [0.1, 0.15) is 45.4 Å². The van der Waals surface area contributed by atoms with Gasteiger partial charge >= 0.3 is 0 Å². The molecule has 0 atom stereocenters. The largest absolute Gasteiger partial charge is 0.381 e. The second-order valence-electron chi connectivity index (χ2n) is 3.07. The lowest BCUT2D eigenvalue weighted by Crippen LogP contribution is -1.97. The number of rotatable bonds is 9. The number of hydrogen-bond acceptors (Lipinski definition) is 1. The third-order valence-electron chi connectivity index (χ3n) is 1.81. The van der Waals surface area contributed by atoms with Crippen molar-refractivity contribution in [3.05, 3.63) is 0 Å². The van der Waals surface area contributed by atoms with Crippen molar-refractivity contribution in [2.75, 3.05) is 18.5 Å². The van der Waals surface area contributed by atoms with Crippen LogP contribution in [-0.2, 0) is 4.74 Å². The second kappa shape index (κ2) is 11.4. The van der Waals surface area contributed by atoms with Crippen LogP contribution in [0.5, 0.6) is 0 Å². The summed E-state index contributed by atoms with van der Waals surface area (Å²) in [7, 11) is 0. The summed E-state index contributed by atoms with van der Waals surface area (Å²) >= 11 is 3.37. The predicted molar refractivity (Wildman–Crippen MR) is 58.0 cm³/mol. The van der Waals surface area contributed by atoms with Gasteiger partial charge in [-0.2, -0.15) is 0 Å². The van der Waals surface area contributed by atoms with Gasteiger partial charge in [-0.3, -0.25) is 0 Å². The molecule has 0 aromatic rings. The van der Waals surface area contributed by atoms with Crippen molar-refractivity contribution in [2.24, 2.45) is 0 Å². The molecular formula is C10H21BrO. The smallest absolute Gasteiger partial charge is 0.0474 e. The molecule has 0 radical (unpaired) electrons. The average Bonchev–Trinajstić information content (AvgIpc) is 2.10. The molecule has 0 aromatic heterocycles. The van der Waals surface area contributed by atoms with Gasteiger partial charge in [-0.05, 0) is 12.8 Å². The quantitative estimate of drug-likeness (QED) is 0.438. The van der Waals surface area contributed by atoms with Gasteiger partial charge in [0, 0.05) is 18.5 Å². The molecule has 0 saturated carbocycles. The summed E-state index contributed by atoms with van der Waals surface area (Å²) in [6.45, 7) is 4.11. The fraction of sp³-hybridized carbons (Fsp3) is 1.00. The molecule has 0 aliphatic rings. The summed E-state index contributed by atoms with van der Waals surface area (Å²) in [4.78, 5) is 0. The Labute approximate surface area is 85.0 Å². The van der Waals surface area contributed by atoms with Gasteiger partial charge in [-0.15, -0.1) is 0 Å². The Balaban J connectivity index is 2.73. The highest BCUT2D eigenvalue weighted by Crippen LogP contribution is 2.02. The molecule has 0 unspecified atom stereocenters. The molecule has 0 N–H and O–H groups in total. The maximum absolute atomic E-state index is 5.42. The summed E-state index contributed by atoms with van der Waals surface area (Å²) in [5, 5.41) is 1.06. The Hall–Kier alpha value is 0.440. The summed E-state index contributed by atoms with van der Waals surface area (Å²) in [6, 6.07) is 0. The number of hydrogen-bond donors (Lipinski definition) is 0. The zero-order chi connectivity index (χ0) is 9.07. The number of alkyl halides is 1. The van der Waals surface area contributed by atoms with E-state index in [9.17, 15) is 0 Å². The summed E-state index contributed by atoms with van der Waals surface area (Å²) in [5.74, 6) is 0. The van der Waals surface area contributed by atoms with Crippen molar-refractivity contribution >= 4 is 15.9 Å². The van der Waals surface area contributed by atoms with Gasteiger partial charge in [0.2, 0.25) is 0 Å². The van der Waals surface area contributed by atoms with Crippen molar-refractivity contribution < 1.29 is 4.74 Å². The highest BCUT2D eigenvalue weighted by molar-refractivity contribution is 9.09. The van der Waals surface area contributed by atoms with Crippen LogP contribution in [0.4, 0.5) is 0 Å². The van der Waals surface area contributed by atoms with Crippen LogP contribution in [0.25, 0.3) is 0 Å². The first-order chi connectivity index (χ1) is 5.91. The van der Waals surface area contributed by atoms with Crippen LogP contribution < -0.4 is 0 Å². The van der Waals surface area contributed by atoms with E-state index in [-0.39, 0.29) is 0 Å². The van der Waals surface area contributed by atoms with E-state index in [2.05, 4.69) is 22.9 Å². The monoisotopic (exact) mass is 236 g/mol. The van der Waals surface area contributed by atoms with Crippen LogP contribution in [0.15, 0.2) is 0 Å². The third-order valence-corrected chi connectivity index (χ3v) is 2.38. The second-order valence-corrected chi connectivity index (χ2v) is 3.86. The van der Waals surface area contributed by atoms with Crippen molar-refractivity contribution in [1.82, 2.24) is 0 Å². The van der Waals surface area contributed by atoms with E-state index in [0.29, 0.717) is 0 Å². The molecule has 0 aromatic carbocycles. The molecule has 0 heterocycles. The van der Waals surface area contributed by atoms with Gasteiger partial charge in [-0.25, -0.2) is 0 Å². The standard InChI is InChI=1S/C10H21BrO/c1-2-3-4-5-6-9-12-10-7-8-11/h2-10H2,1H3. The van der Waals surface area contributed by atoms with Crippen LogP contribution >= 0.6 is 15.9 Å². The van der Waals surface area contributed by atoms with Crippen molar-refractivity contribution in [2.45, 2.75) is 45.4 Å². The Kier molecular flexibility index (Phi) is 11.9. The zero-order valence-corrected chi connectivity index (χ0v) is 9.74. The molecule has 0 fully saturated rings. The Bertz CT molecular complexity index is 66.2. The Morgan fingerprint density at radius 1 is 0.917 bits per heavy atom. The maximum atomic E-state index is 5.42. The molecular weight excluding hydrogens is 216 g/mol. The SMILES string of the molecule is CCCCCCCOCCCBr. The average molecular weight is 237 g/mol. The van der Waals surface area contributed by atoms with Gasteiger partial charge in [0.05, 0.1) is 0 Å². The lowest BCUT2D eigenvalue weighted by atomic mass is 10.2. The molecule has 0 saturated heterocycles. The van der Waals surface area contributed by atoms with Crippen LogP contribution in [0.3, 0.4) is 0 Å². The lowest BCUT2D eigenvalue weighted by Gasteiger charge is -2.02. The van der Waals surface area contributed by atoms with Gasteiger partial charge in [0.25, 0.3) is 0 Å². The lowest BCUT2D eigenvalue weighted by molar-refractivity contribution is 0.131. The molecule has 0 bridgehead atoms. The summed E-state index contributed by atoms with van der Waals surface area (Å²) in [6.07, 6.45) is 7.78. The molecule has 0 spiro atoms. The fourth-order valence-corrected chi connectivity index (χ4v) is 1.30. The highest BCUT2D eigenvalue weighted by Gasteiger charge is 1.89. The van der Waals surface area contributed by atoms with E-state index in [1.165, 1.54) is 32.1 Å². The van der Waals surface area contributed by atoms with Crippen molar-refractivity contribution in [3.8, 4) is 0 Å². The highest BCUT2D eigenvalue weighted by atomic mass is 79.9. The number of unbranched alkanes of at least 4 members (excludes halogenated alkanes) is 4. The molecule has 0 amide bonds. The van der Waals surface area contributed by atoms with Gasteiger partial charge in [0.15, 0.2) is 0 Å². The maximum Gasteiger partial charge on any atom is 0.0474 e.